The summed E-state index contributed by atoms with van der Waals surface area (Å²) in [5.74, 6) is -0.511. The first-order valence-corrected chi connectivity index (χ1v) is 8.65. The molecule has 0 aliphatic carbocycles. The normalized spacial score (nSPS) is 11.9. The molecule has 0 fully saturated rings. The number of ether oxygens (including phenoxy) is 1. The Morgan fingerprint density at radius 1 is 1.08 bits per heavy atom. The molecule has 0 spiro atoms. The number of hydrogen-bond acceptors (Lipinski definition) is 3. The highest BCUT2D eigenvalue weighted by Crippen LogP contribution is 2.18. The lowest BCUT2D eigenvalue weighted by molar-refractivity contribution is -0.147. The van der Waals surface area contributed by atoms with Gasteiger partial charge >= 0.3 is 5.97 Å². The van der Waals surface area contributed by atoms with Crippen molar-refractivity contribution in [2.45, 2.75) is 19.3 Å². The molecule has 134 valence electrons. The molecule has 0 aliphatic heterocycles. The number of esters is 1. The zero-order valence-electron chi connectivity index (χ0n) is 14.7. The summed E-state index contributed by atoms with van der Waals surface area (Å²) in [4.78, 5) is 27.0. The first kappa shape index (κ1) is 17.7. The summed E-state index contributed by atoms with van der Waals surface area (Å²) in [7, 11) is 0. The number of aromatic amines is 1. The number of para-hydroxylation sites is 1. The monoisotopic (exact) mass is 350 g/mol. The minimum atomic E-state index is -0.416. The van der Waals surface area contributed by atoms with Gasteiger partial charge in [-0.3, -0.25) is 9.59 Å². The van der Waals surface area contributed by atoms with Gasteiger partial charge in [-0.05, 0) is 23.1 Å². The van der Waals surface area contributed by atoms with Crippen LogP contribution in [0.25, 0.3) is 10.9 Å². The number of aromatic nitrogens is 1. The van der Waals surface area contributed by atoms with Gasteiger partial charge in [0, 0.05) is 23.6 Å². The number of rotatable bonds is 7. The molecular weight excluding hydrogens is 328 g/mol. The fraction of sp³-hybridized carbons (Fsp3) is 0.238. The number of fused-ring (bicyclic) bond motifs is 1. The Kier molecular flexibility index (Phi) is 5.69. The van der Waals surface area contributed by atoms with Crippen molar-refractivity contribution < 1.29 is 14.3 Å². The van der Waals surface area contributed by atoms with E-state index in [0.29, 0.717) is 6.54 Å². The van der Waals surface area contributed by atoms with Crippen LogP contribution < -0.4 is 5.32 Å². The molecule has 3 rings (SSSR count). The van der Waals surface area contributed by atoms with Crippen LogP contribution in [-0.2, 0) is 20.7 Å². The summed E-state index contributed by atoms with van der Waals surface area (Å²) >= 11 is 0. The molecule has 0 saturated carbocycles. The van der Waals surface area contributed by atoms with Crippen LogP contribution >= 0.6 is 0 Å². The number of benzene rings is 2. The third-order valence-electron chi connectivity index (χ3n) is 4.35. The Morgan fingerprint density at radius 2 is 1.81 bits per heavy atom. The number of carbonyl (C=O) groups is 2. The number of amides is 1. The van der Waals surface area contributed by atoms with Crippen LogP contribution in [0.5, 0.6) is 0 Å². The summed E-state index contributed by atoms with van der Waals surface area (Å²) in [5.41, 5.74) is 3.00. The second kappa shape index (κ2) is 8.34. The van der Waals surface area contributed by atoms with Gasteiger partial charge in [-0.15, -0.1) is 0 Å². The summed E-state index contributed by atoms with van der Waals surface area (Å²) in [5, 5.41) is 3.79. The number of nitrogens with one attached hydrogen (secondary N) is 2. The minimum absolute atomic E-state index is 0.137. The highest BCUT2D eigenvalue weighted by molar-refractivity contribution is 5.88. The maximum absolute atomic E-state index is 12.0. The Labute approximate surface area is 152 Å². The van der Waals surface area contributed by atoms with Gasteiger partial charge in [0.05, 0.1) is 6.42 Å². The van der Waals surface area contributed by atoms with Crippen LogP contribution in [0.3, 0.4) is 0 Å². The third kappa shape index (κ3) is 4.51. The van der Waals surface area contributed by atoms with E-state index < -0.39 is 5.97 Å². The second-order valence-corrected chi connectivity index (χ2v) is 6.31. The van der Waals surface area contributed by atoms with E-state index in [1.54, 1.807) is 6.20 Å². The van der Waals surface area contributed by atoms with Crippen LogP contribution in [0.4, 0.5) is 0 Å². The molecule has 1 aromatic heterocycles. The van der Waals surface area contributed by atoms with Gasteiger partial charge in [0.25, 0.3) is 5.91 Å². The topological polar surface area (TPSA) is 71.2 Å². The molecule has 2 N–H and O–H groups in total. The Morgan fingerprint density at radius 3 is 2.62 bits per heavy atom. The van der Waals surface area contributed by atoms with E-state index in [9.17, 15) is 9.59 Å². The van der Waals surface area contributed by atoms with Crippen LogP contribution in [0.1, 0.15) is 24.0 Å². The molecule has 1 amide bonds. The Hall–Kier alpha value is -3.08. The van der Waals surface area contributed by atoms with Gasteiger partial charge in [-0.1, -0.05) is 55.5 Å². The van der Waals surface area contributed by atoms with Gasteiger partial charge in [-0.25, -0.2) is 0 Å². The zero-order chi connectivity index (χ0) is 18.4. The maximum Gasteiger partial charge on any atom is 0.310 e. The SMILES string of the molecule is C[C@@H](CNC(=O)COC(=O)Cc1c[nH]c2ccccc12)c1ccccc1. The average molecular weight is 350 g/mol. The standard InChI is InChI=1S/C21H22N2O3/c1-15(16-7-3-2-4-8-16)12-23-20(24)14-26-21(25)11-17-13-22-19-10-6-5-9-18(17)19/h2-10,13,15,22H,11-12,14H2,1H3,(H,23,24)/t15-/m0/s1. The molecule has 0 radical (unpaired) electrons. The van der Waals surface area contributed by atoms with Crippen molar-refractivity contribution in [3.05, 3.63) is 71.9 Å². The largest absolute Gasteiger partial charge is 0.455 e. The first-order valence-electron chi connectivity index (χ1n) is 8.65. The molecule has 2 aromatic carbocycles. The van der Waals surface area contributed by atoms with E-state index in [-0.39, 0.29) is 24.9 Å². The minimum Gasteiger partial charge on any atom is -0.455 e. The van der Waals surface area contributed by atoms with Crippen molar-refractivity contribution in [1.82, 2.24) is 10.3 Å². The van der Waals surface area contributed by atoms with Gasteiger partial charge < -0.3 is 15.0 Å². The lowest BCUT2D eigenvalue weighted by Gasteiger charge is -2.13. The lowest BCUT2D eigenvalue weighted by Crippen LogP contribution is -2.31. The van der Waals surface area contributed by atoms with Crippen LogP contribution in [0.2, 0.25) is 0 Å². The summed E-state index contributed by atoms with van der Waals surface area (Å²) in [6.45, 7) is 2.28. The predicted molar refractivity (Wildman–Crippen MR) is 101 cm³/mol. The van der Waals surface area contributed by atoms with E-state index in [4.69, 9.17) is 4.74 Å². The number of hydrogen-bond donors (Lipinski definition) is 2. The van der Waals surface area contributed by atoms with Crippen molar-refractivity contribution >= 4 is 22.8 Å². The van der Waals surface area contributed by atoms with E-state index in [1.165, 1.54) is 0 Å². The fourth-order valence-electron chi connectivity index (χ4n) is 2.85. The molecule has 0 aliphatic rings. The number of carbonyl (C=O) groups excluding carboxylic acids is 2. The molecular formula is C21H22N2O3. The molecule has 1 atom stereocenters. The summed E-state index contributed by atoms with van der Waals surface area (Å²) in [6.07, 6.45) is 1.94. The second-order valence-electron chi connectivity index (χ2n) is 6.31. The van der Waals surface area contributed by atoms with Crippen molar-refractivity contribution in [2.75, 3.05) is 13.2 Å². The van der Waals surface area contributed by atoms with Crippen molar-refractivity contribution in [3.8, 4) is 0 Å². The van der Waals surface area contributed by atoms with Gasteiger partial charge in [-0.2, -0.15) is 0 Å². The van der Waals surface area contributed by atoms with Gasteiger partial charge in [0.1, 0.15) is 0 Å². The number of H-pyrrole nitrogens is 1. The van der Waals surface area contributed by atoms with E-state index in [2.05, 4.69) is 10.3 Å². The smallest absolute Gasteiger partial charge is 0.310 e. The highest BCUT2D eigenvalue weighted by Gasteiger charge is 2.12. The van der Waals surface area contributed by atoms with E-state index in [0.717, 1.165) is 22.0 Å². The maximum atomic E-state index is 12.0. The highest BCUT2D eigenvalue weighted by atomic mass is 16.5. The summed E-state index contributed by atoms with van der Waals surface area (Å²) in [6, 6.07) is 17.7. The first-order chi connectivity index (χ1) is 12.6. The third-order valence-corrected chi connectivity index (χ3v) is 4.35. The van der Waals surface area contributed by atoms with Crippen molar-refractivity contribution in [1.29, 1.82) is 0 Å². The molecule has 26 heavy (non-hydrogen) atoms. The molecule has 0 saturated heterocycles. The molecule has 5 nitrogen and oxygen atoms in total. The van der Waals surface area contributed by atoms with Crippen molar-refractivity contribution in [2.24, 2.45) is 0 Å². The molecule has 3 aromatic rings. The van der Waals surface area contributed by atoms with Crippen LogP contribution in [-0.4, -0.2) is 30.0 Å². The average Bonchev–Trinajstić information content (AvgIpc) is 3.08. The summed E-state index contributed by atoms with van der Waals surface area (Å²) < 4.78 is 5.10. The Balaban J connectivity index is 1.43. The zero-order valence-corrected chi connectivity index (χ0v) is 14.7. The van der Waals surface area contributed by atoms with E-state index >= 15 is 0 Å². The Bertz CT molecular complexity index is 886. The molecule has 1 heterocycles. The van der Waals surface area contributed by atoms with Crippen molar-refractivity contribution in [3.63, 3.8) is 0 Å². The predicted octanol–water partition coefficient (Wildman–Crippen LogP) is 3.17. The fourth-order valence-corrected chi connectivity index (χ4v) is 2.85. The van der Waals surface area contributed by atoms with Crippen LogP contribution in [0, 0.1) is 0 Å². The van der Waals surface area contributed by atoms with E-state index in [1.807, 2.05) is 61.5 Å². The quantitative estimate of drug-likeness (QED) is 0.643. The molecule has 0 bridgehead atoms. The molecule has 0 unspecified atom stereocenters. The van der Waals surface area contributed by atoms with Gasteiger partial charge in [0.15, 0.2) is 6.61 Å². The van der Waals surface area contributed by atoms with Crippen LogP contribution in [0.15, 0.2) is 60.8 Å². The van der Waals surface area contributed by atoms with Gasteiger partial charge in [0.2, 0.25) is 0 Å². The lowest BCUT2D eigenvalue weighted by atomic mass is 10.0. The molecule has 5 heteroatoms.